The molecular formula is C23H44O5. The second-order valence-corrected chi connectivity index (χ2v) is 9.95. The number of aliphatic hydroxyl groups excluding tert-OH is 1. The molecule has 0 saturated carbocycles. The average Bonchev–Trinajstić information content (AvgIpc) is 2.59. The molecule has 0 bridgehead atoms. The lowest BCUT2D eigenvalue weighted by Gasteiger charge is -2.29. The maximum Gasteiger partial charge on any atom is 0.306 e. The van der Waals surface area contributed by atoms with Gasteiger partial charge in [0.05, 0.1) is 17.9 Å². The summed E-state index contributed by atoms with van der Waals surface area (Å²) >= 11 is 0. The first-order valence-corrected chi connectivity index (χ1v) is 10.9. The normalized spacial score (nSPS) is 15.8. The molecule has 0 amide bonds. The average molecular weight is 401 g/mol. The quantitative estimate of drug-likeness (QED) is 0.287. The predicted octanol–water partition coefficient (Wildman–Crippen LogP) is 5.74. The van der Waals surface area contributed by atoms with Crippen LogP contribution in [0.25, 0.3) is 0 Å². The molecule has 5 heteroatoms. The Hall–Kier alpha value is -1.10. The van der Waals surface area contributed by atoms with Crippen LogP contribution in [0.15, 0.2) is 0 Å². The SMILES string of the molecule is CC(C(=O)O)C(C)(C)CCCCCC(O)CCCCCC(C)(C)C(C)C(=O)O. The van der Waals surface area contributed by atoms with E-state index in [9.17, 15) is 14.7 Å². The molecule has 0 aromatic rings. The maximum absolute atomic E-state index is 11.1. The minimum atomic E-state index is -0.735. The summed E-state index contributed by atoms with van der Waals surface area (Å²) in [5.41, 5.74) is -0.396. The number of hydrogen-bond donors (Lipinski definition) is 3. The van der Waals surface area contributed by atoms with Gasteiger partial charge in [-0.2, -0.15) is 0 Å². The highest BCUT2D eigenvalue weighted by Crippen LogP contribution is 2.34. The molecule has 166 valence electrons. The van der Waals surface area contributed by atoms with Crippen LogP contribution in [-0.2, 0) is 9.59 Å². The molecule has 0 saturated heterocycles. The summed E-state index contributed by atoms with van der Waals surface area (Å²) in [6.07, 6.45) is 9.10. The second-order valence-electron chi connectivity index (χ2n) is 9.95. The van der Waals surface area contributed by atoms with Crippen LogP contribution >= 0.6 is 0 Å². The van der Waals surface area contributed by atoms with Crippen molar-refractivity contribution in [1.29, 1.82) is 0 Å². The first-order chi connectivity index (χ1) is 12.8. The zero-order chi connectivity index (χ0) is 22.0. The van der Waals surface area contributed by atoms with Crippen molar-refractivity contribution in [3.63, 3.8) is 0 Å². The molecule has 0 rings (SSSR count). The summed E-state index contributed by atoms with van der Waals surface area (Å²) in [6.45, 7) is 11.6. The van der Waals surface area contributed by atoms with E-state index in [0.29, 0.717) is 0 Å². The number of unbranched alkanes of at least 4 members (excludes halogenated alkanes) is 4. The summed E-state index contributed by atoms with van der Waals surface area (Å²) in [4.78, 5) is 22.3. The fraction of sp³-hybridized carbons (Fsp3) is 0.913. The Balaban J connectivity index is 3.83. The van der Waals surface area contributed by atoms with Crippen LogP contribution in [0.4, 0.5) is 0 Å². The van der Waals surface area contributed by atoms with E-state index in [1.165, 1.54) is 0 Å². The molecule has 5 nitrogen and oxygen atoms in total. The summed E-state index contributed by atoms with van der Waals surface area (Å²) in [5, 5.41) is 28.4. The van der Waals surface area contributed by atoms with Crippen LogP contribution in [0.5, 0.6) is 0 Å². The predicted molar refractivity (Wildman–Crippen MR) is 113 cm³/mol. The van der Waals surface area contributed by atoms with Crippen LogP contribution < -0.4 is 0 Å². The molecule has 0 heterocycles. The Morgan fingerprint density at radius 3 is 1.29 bits per heavy atom. The molecule has 28 heavy (non-hydrogen) atoms. The summed E-state index contributed by atoms with van der Waals surface area (Å²) in [5.74, 6) is -2.16. The van der Waals surface area contributed by atoms with Gasteiger partial charge >= 0.3 is 11.9 Å². The van der Waals surface area contributed by atoms with Gasteiger partial charge in [0, 0.05) is 0 Å². The van der Waals surface area contributed by atoms with Crippen LogP contribution in [0.3, 0.4) is 0 Å². The van der Waals surface area contributed by atoms with Gasteiger partial charge in [-0.1, -0.05) is 80.1 Å². The zero-order valence-electron chi connectivity index (χ0n) is 19.0. The van der Waals surface area contributed by atoms with Gasteiger partial charge in [-0.25, -0.2) is 0 Å². The van der Waals surface area contributed by atoms with E-state index >= 15 is 0 Å². The third-order valence-corrected chi connectivity index (χ3v) is 6.80. The van der Waals surface area contributed by atoms with Crippen molar-refractivity contribution in [2.45, 2.75) is 112 Å². The molecule has 0 aliphatic rings. The summed E-state index contributed by atoms with van der Waals surface area (Å²) < 4.78 is 0. The molecule has 0 aliphatic carbocycles. The lowest BCUT2D eigenvalue weighted by Crippen LogP contribution is -2.28. The molecular weight excluding hydrogens is 356 g/mol. The number of aliphatic hydroxyl groups is 1. The molecule has 2 atom stereocenters. The van der Waals surface area contributed by atoms with E-state index in [2.05, 4.69) is 0 Å². The number of rotatable bonds is 16. The third kappa shape index (κ3) is 10.4. The lowest BCUT2D eigenvalue weighted by atomic mass is 9.76. The van der Waals surface area contributed by atoms with Crippen LogP contribution in [0.2, 0.25) is 0 Å². The first-order valence-electron chi connectivity index (χ1n) is 10.9. The molecule has 0 spiro atoms. The van der Waals surface area contributed by atoms with Crippen molar-refractivity contribution >= 4 is 11.9 Å². The molecule has 3 N–H and O–H groups in total. The molecule has 0 fully saturated rings. The van der Waals surface area contributed by atoms with Crippen LogP contribution in [0.1, 0.15) is 106 Å². The minimum Gasteiger partial charge on any atom is -0.481 e. The standard InChI is InChI=1S/C23H44O5/c1-17(20(25)26)22(3,4)15-11-7-9-13-19(24)14-10-8-12-16-23(5,6)18(2)21(27)28/h17-19,24H,7-16H2,1-6H3,(H,25,26)(H,27,28). The van der Waals surface area contributed by atoms with Gasteiger partial charge in [0.1, 0.15) is 0 Å². The lowest BCUT2D eigenvalue weighted by molar-refractivity contribution is -0.146. The molecule has 0 aromatic carbocycles. The third-order valence-electron chi connectivity index (χ3n) is 6.80. The first kappa shape index (κ1) is 26.9. The summed E-state index contributed by atoms with van der Waals surface area (Å²) in [6, 6.07) is 0. The molecule has 0 aliphatic heterocycles. The Bertz CT molecular complexity index is 428. The molecule has 0 radical (unpaired) electrons. The fourth-order valence-electron chi connectivity index (χ4n) is 3.52. The summed E-state index contributed by atoms with van der Waals surface area (Å²) in [7, 11) is 0. The highest BCUT2D eigenvalue weighted by Gasteiger charge is 2.31. The monoisotopic (exact) mass is 400 g/mol. The number of aliphatic carboxylic acids is 2. The maximum atomic E-state index is 11.1. The Morgan fingerprint density at radius 2 is 1.00 bits per heavy atom. The van der Waals surface area contributed by atoms with Crippen LogP contribution in [0, 0.1) is 22.7 Å². The van der Waals surface area contributed by atoms with E-state index in [0.717, 1.165) is 64.2 Å². The van der Waals surface area contributed by atoms with E-state index in [4.69, 9.17) is 10.2 Å². The largest absolute Gasteiger partial charge is 0.481 e. The van der Waals surface area contributed by atoms with Crippen molar-refractivity contribution in [1.82, 2.24) is 0 Å². The Morgan fingerprint density at radius 1 is 0.679 bits per heavy atom. The number of carboxylic acids is 2. The van der Waals surface area contributed by atoms with E-state index in [1.807, 2.05) is 27.7 Å². The van der Waals surface area contributed by atoms with Gasteiger partial charge < -0.3 is 15.3 Å². The van der Waals surface area contributed by atoms with Gasteiger partial charge in [0.15, 0.2) is 0 Å². The topological polar surface area (TPSA) is 94.8 Å². The number of hydrogen-bond acceptors (Lipinski definition) is 3. The second kappa shape index (κ2) is 12.5. The highest BCUT2D eigenvalue weighted by molar-refractivity contribution is 5.70. The molecule has 0 aromatic heterocycles. The number of carboxylic acid groups (broad SMARTS) is 2. The minimum absolute atomic E-state index is 0.198. The number of carbonyl (C=O) groups is 2. The van der Waals surface area contributed by atoms with Gasteiger partial charge in [-0.15, -0.1) is 0 Å². The van der Waals surface area contributed by atoms with Crippen LogP contribution in [-0.4, -0.2) is 33.4 Å². The van der Waals surface area contributed by atoms with Gasteiger partial charge in [0.25, 0.3) is 0 Å². The van der Waals surface area contributed by atoms with Gasteiger partial charge in [-0.05, 0) is 36.5 Å². The van der Waals surface area contributed by atoms with Crippen molar-refractivity contribution in [2.75, 3.05) is 0 Å². The fourth-order valence-corrected chi connectivity index (χ4v) is 3.52. The Labute approximate surface area is 171 Å². The Kier molecular flexibility index (Phi) is 12.0. The molecule has 2 unspecified atom stereocenters. The van der Waals surface area contributed by atoms with E-state index in [-0.39, 0.29) is 28.8 Å². The van der Waals surface area contributed by atoms with Crippen molar-refractivity contribution in [2.24, 2.45) is 22.7 Å². The van der Waals surface area contributed by atoms with Crippen molar-refractivity contribution < 1.29 is 24.9 Å². The van der Waals surface area contributed by atoms with Gasteiger partial charge in [-0.3, -0.25) is 9.59 Å². The van der Waals surface area contributed by atoms with E-state index in [1.54, 1.807) is 13.8 Å². The van der Waals surface area contributed by atoms with Gasteiger partial charge in [0.2, 0.25) is 0 Å². The zero-order valence-corrected chi connectivity index (χ0v) is 19.0. The van der Waals surface area contributed by atoms with Crippen molar-refractivity contribution in [3.8, 4) is 0 Å². The van der Waals surface area contributed by atoms with Crippen molar-refractivity contribution in [3.05, 3.63) is 0 Å². The smallest absolute Gasteiger partial charge is 0.306 e. The highest BCUT2D eigenvalue weighted by atomic mass is 16.4. The van der Waals surface area contributed by atoms with E-state index < -0.39 is 11.9 Å².